The molecule has 24 heavy (non-hydrogen) atoms. The molecule has 0 spiro atoms. The van der Waals surface area contributed by atoms with Crippen LogP contribution in [0.25, 0.3) is 0 Å². The van der Waals surface area contributed by atoms with Crippen LogP contribution in [0.5, 0.6) is 0 Å². The minimum absolute atomic E-state index is 0.228. The highest BCUT2D eigenvalue weighted by molar-refractivity contribution is 5.89. The van der Waals surface area contributed by atoms with E-state index < -0.39 is 18.4 Å². The van der Waals surface area contributed by atoms with Crippen LogP contribution in [0.4, 0.5) is 10.5 Å². The fourth-order valence-corrected chi connectivity index (χ4v) is 3.85. The Bertz CT molecular complexity index is 576. The van der Waals surface area contributed by atoms with E-state index in [4.69, 9.17) is 9.47 Å². The Labute approximate surface area is 140 Å². The van der Waals surface area contributed by atoms with Gasteiger partial charge in [0.1, 0.15) is 6.10 Å². The molecule has 7 nitrogen and oxygen atoms in total. The first-order valence-electron chi connectivity index (χ1n) is 8.54. The van der Waals surface area contributed by atoms with Gasteiger partial charge in [0.25, 0.3) is 0 Å². The topological polar surface area (TPSA) is 83.1 Å². The van der Waals surface area contributed by atoms with Gasteiger partial charge in [-0.15, -0.1) is 0 Å². The molecule has 0 aliphatic carbocycles. The van der Waals surface area contributed by atoms with Gasteiger partial charge in [0, 0.05) is 5.69 Å². The second-order valence-electron chi connectivity index (χ2n) is 6.59. The number of hydrogen-bond donors (Lipinski definition) is 3. The number of fused-ring (bicyclic) bond motifs is 2. The molecular formula is C17H23N3O4. The van der Waals surface area contributed by atoms with E-state index >= 15 is 0 Å². The molecule has 0 unspecified atom stereocenters. The number of hydrogen-bond acceptors (Lipinski definition) is 5. The fourth-order valence-electron chi connectivity index (χ4n) is 3.85. The molecule has 3 N–H and O–H groups in total. The number of carbonyl (C=O) groups is 1. The van der Waals surface area contributed by atoms with E-state index in [2.05, 4.69) is 15.5 Å². The molecular weight excluding hydrogens is 310 g/mol. The molecule has 7 heteroatoms. The standard InChI is InChI=1S/C17H23N3O4/c21-15-13(19-17(22)18-11-6-2-1-3-7-11)12-10-23-16(24-12)14(15)20-8-4-5-9-20/h1-3,6-7,12-16,21H,4-5,8-10H2,(H2,18,19,22)/t12-,13-,14-,15+,16-/m1/s1. The van der Waals surface area contributed by atoms with E-state index in [9.17, 15) is 9.90 Å². The Hall–Kier alpha value is -1.67. The average molecular weight is 333 g/mol. The van der Waals surface area contributed by atoms with Crippen molar-refractivity contribution in [3.63, 3.8) is 0 Å². The maximum absolute atomic E-state index is 12.3. The van der Waals surface area contributed by atoms with Gasteiger partial charge in [-0.05, 0) is 38.1 Å². The molecule has 2 bridgehead atoms. The molecule has 3 saturated heterocycles. The quantitative estimate of drug-likeness (QED) is 0.761. The van der Waals surface area contributed by atoms with Crippen LogP contribution in [0, 0.1) is 0 Å². The van der Waals surface area contributed by atoms with Crippen molar-refractivity contribution < 1.29 is 19.4 Å². The third-order valence-corrected chi connectivity index (χ3v) is 5.02. The molecule has 5 atom stereocenters. The van der Waals surface area contributed by atoms with Crippen LogP contribution in [0.1, 0.15) is 12.8 Å². The Balaban J connectivity index is 1.44. The summed E-state index contributed by atoms with van der Waals surface area (Å²) in [4.78, 5) is 14.5. The van der Waals surface area contributed by atoms with Gasteiger partial charge in [0.15, 0.2) is 6.29 Å². The van der Waals surface area contributed by atoms with Crippen molar-refractivity contribution in [3.05, 3.63) is 30.3 Å². The number of ether oxygens (including phenoxy) is 2. The summed E-state index contributed by atoms with van der Waals surface area (Å²) in [6.07, 6.45) is 0.803. The molecule has 0 radical (unpaired) electrons. The van der Waals surface area contributed by atoms with E-state index in [0.29, 0.717) is 12.3 Å². The molecule has 2 amide bonds. The Morgan fingerprint density at radius 2 is 1.96 bits per heavy atom. The van der Waals surface area contributed by atoms with Crippen molar-refractivity contribution in [3.8, 4) is 0 Å². The lowest BCUT2D eigenvalue weighted by atomic mass is 9.95. The molecule has 130 valence electrons. The summed E-state index contributed by atoms with van der Waals surface area (Å²) < 4.78 is 11.6. The number of nitrogens with zero attached hydrogens (tertiary/aromatic N) is 1. The van der Waals surface area contributed by atoms with Crippen LogP contribution >= 0.6 is 0 Å². The molecule has 3 aliphatic heterocycles. The van der Waals surface area contributed by atoms with Gasteiger partial charge in [-0.2, -0.15) is 0 Å². The van der Waals surface area contributed by atoms with Crippen LogP contribution in [-0.2, 0) is 9.47 Å². The number of rotatable bonds is 3. The van der Waals surface area contributed by atoms with Crippen LogP contribution in [0.3, 0.4) is 0 Å². The number of aliphatic hydroxyl groups is 1. The lowest BCUT2D eigenvalue weighted by Crippen LogP contribution is -2.65. The van der Waals surface area contributed by atoms with Gasteiger partial charge < -0.3 is 25.2 Å². The van der Waals surface area contributed by atoms with Crippen LogP contribution in [-0.4, -0.2) is 66.3 Å². The number of nitrogens with one attached hydrogen (secondary N) is 2. The van der Waals surface area contributed by atoms with E-state index in [1.165, 1.54) is 0 Å². The summed E-state index contributed by atoms with van der Waals surface area (Å²) in [5, 5.41) is 16.5. The van der Waals surface area contributed by atoms with Gasteiger partial charge in [-0.1, -0.05) is 18.2 Å². The largest absolute Gasteiger partial charge is 0.389 e. The number of aliphatic hydroxyl groups excluding tert-OH is 1. The van der Waals surface area contributed by atoms with Crippen molar-refractivity contribution >= 4 is 11.7 Å². The van der Waals surface area contributed by atoms with E-state index in [1.807, 2.05) is 30.3 Å². The van der Waals surface area contributed by atoms with Crippen molar-refractivity contribution in [2.75, 3.05) is 25.0 Å². The average Bonchev–Trinajstić information content (AvgIpc) is 3.24. The molecule has 3 fully saturated rings. The highest BCUT2D eigenvalue weighted by atomic mass is 16.7. The molecule has 4 rings (SSSR count). The second kappa shape index (κ2) is 6.68. The number of carbonyl (C=O) groups excluding carboxylic acids is 1. The minimum Gasteiger partial charge on any atom is -0.389 e. The maximum Gasteiger partial charge on any atom is 0.319 e. The fraction of sp³-hybridized carbons (Fsp3) is 0.588. The second-order valence-corrected chi connectivity index (χ2v) is 6.59. The third-order valence-electron chi connectivity index (χ3n) is 5.02. The zero-order valence-corrected chi connectivity index (χ0v) is 13.4. The number of amides is 2. The van der Waals surface area contributed by atoms with Crippen molar-refractivity contribution in [2.45, 2.75) is 43.4 Å². The zero-order valence-electron chi connectivity index (χ0n) is 13.4. The lowest BCUT2D eigenvalue weighted by molar-refractivity contribution is -0.177. The molecule has 1 aromatic rings. The summed E-state index contributed by atoms with van der Waals surface area (Å²) in [7, 11) is 0. The molecule has 3 aliphatic rings. The van der Waals surface area contributed by atoms with Crippen molar-refractivity contribution in [1.82, 2.24) is 10.2 Å². The molecule has 0 aromatic heterocycles. The minimum atomic E-state index is -0.712. The number of anilines is 1. The highest BCUT2D eigenvalue weighted by Crippen LogP contribution is 2.32. The zero-order chi connectivity index (χ0) is 16.5. The summed E-state index contributed by atoms with van der Waals surface area (Å²) >= 11 is 0. The number of para-hydroxylation sites is 1. The lowest BCUT2D eigenvalue weighted by Gasteiger charge is -2.42. The first kappa shape index (κ1) is 15.8. The van der Waals surface area contributed by atoms with Crippen LogP contribution in [0.15, 0.2) is 30.3 Å². The summed E-state index contributed by atoms with van der Waals surface area (Å²) in [6, 6.07) is 8.16. The highest BCUT2D eigenvalue weighted by Gasteiger charge is 2.52. The van der Waals surface area contributed by atoms with Gasteiger partial charge in [0.05, 0.1) is 24.8 Å². The van der Waals surface area contributed by atoms with Gasteiger partial charge in [0.2, 0.25) is 0 Å². The predicted molar refractivity (Wildman–Crippen MR) is 87.6 cm³/mol. The van der Waals surface area contributed by atoms with Gasteiger partial charge >= 0.3 is 6.03 Å². The van der Waals surface area contributed by atoms with Crippen LogP contribution in [0.2, 0.25) is 0 Å². The summed E-state index contributed by atoms with van der Waals surface area (Å²) in [5.74, 6) is 0. The van der Waals surface area contributed by atoms with Gasteiger partial charge in [-0.3, -0.25) is 4.90 Å². The van der Waals surface area contributed by atoms with Gasteiger partial charge in [-0.25, -0.2) is 4.79 Å². The first-order valence-corrected chi connectivity index (χ1v) is 8.54. The SMILES string of the molecule is O=C(Nc1ccccc1)N[C@H]1[C@H](O)[C@@H](N2CCCC2)[C@@H]2OC[C@H]1O2. The number of benzene rings is 1. The molecule has 0 saturated carbocycles. The van der Waals surface area contributed by atoms with E-state index in [-0.39, 0.29) is 18.2 Å². The van der Waals surface area contributed by atoms with Crippen molar-refractivity contribution in [2.24, 2.45) is 0 Å². The normalized spacial score (nSPS) is 35.8. The monoisotopic (exact) mass is 333 g/mol. The van der Waals surface area contributed by atoms with E-state index in [1.54, 1.807) is 0 Å². The van der Waals surface area contributed by atoms with E-state index in [0.717, 1.165) is 25.9 Å². The summed E-state index contributed by atoms with van der Waals surface area (Å²) in [6.45, 7) is 2.25. The summed E-state index contributed by atoms with van der Waals surface area (Å²) in [5.41, 5.74) is 0.706. The Morgan fingerprint density at radius 3 is 2.71 bits per heavy atom. The Morgan fingerprint density at radius 1 is 1.21 bits per heavy atom. The third kappa shape index (κ3) is 3.00. The van der Waals surface area contributed by atoms with Crippen LogP contribution < -0.4 is 10.6 Å². The first-order chi connectivity index (χ1) is 11.7. The smallest absolute Gasteiger partial charge is 0.319 e. The Kier molecular flexibility index (Phi) is 4.41. The molecule has 3 heterocycles. The number of urea groups is 1. The maximum atomic E-state index is 12.3. The molecule has 1 aromatic carbocycles. The number of likely N-dealkylation sites (tertiary alicyclic amines) is 1. The van der Waals surface area contributed by atoms with Crippen molar-refractivity contribution in [1.29, 1.82) is 0 Å². The predicted octanol–water partition coefficient (Wildman–Crippen LogP) is 0.757.